The van der Waals surface area contributed by atoms with Gasteiger partial charge in [-0.2, -0.15) is 0 Å². The number of ether oxygens (including phenoxy) is 1. The molecule has 2 heterocycles. The molecule has 0 aromatic carbocycles. The molecule has 0 aliphatic carbocycles. The van der Waals surface area contributed by atoms with E-state index in [0.29, 0.717) is 11.7 Å². The lowest BCUT2D eigenvalue weighted by Crippen LogP contribution is -2.36. The van der Waals surface area contributed by atoms with Gasteiger partial charge < -0.3 is 14.7 Å². The fraction of sp³-hybridized carbons (Fsp3) is 0.643. The Morgan fingerprint density at radius 3 is 2.95 bits per heavy atom. The average Bonchev–Trinajstić information content (AvgIpc) is 2.92. The van der Waals surface area contributed by atoms with Crippen LogP contribution in [0.2, 0.25) is 0 Å². The van der Waals surface area contributed by atoms with Crippen LogP contribution < -0.4 is 0 Å². The molecule has 3 unspecified atom stereocenters. The molecule has 0 radical (unpaired) electrons. The van der Waals surface area contributed by atoms with Gasteiger partial charge in [-0.3, -0.25) is 4.98 Å². The molecular formula is C14H21FN2O2. The molecule has 4 nitrogen and oxygen atoms in total. The van der Waals surface area contributed by atoms with Crippen molar-refractivity contribution in [2.75, 3.05) is 26.8 Å². The lowest BCUT2D eigenvalue weighted by molar-refractivity contribution is 0.0762. The maximum Gasteiger partial charge on any atom is 0.141 e. The zero-order valence-corrected chi connectivity index (χ0v) is 11.4. The van der Waals surface area contributed by atoms with Crippen LogP contribution in [-0.2, 0) is 4.74 Å². The van der Waals surface area contributed by atoms with Gasteiger partial charge in [-0.1, -0.05) is 6.92 Å². The van der Waals surface area contributed by atoms with Crippen LogP contribution in [0.5, 0.6) is 0 Å². The normalized spacial score (nSPS) is 22.7. The molecule has 0 spiro atoms. The Balaban J connectivity index is 1.91. The van der Waals surface area contributed by atoms with Crippen LogP contribution in [-0.4, -0.2) is 47.8 Å². The smallest absolute Gasteiger partial charge is 0.141 e. The molecule has 2 rings (SSSR count). The largest absolute Gasteiger partial charge is 0.386 e. The third-order valence-electron chi connectivity index (χ3n) is 3.70. The summed E-state index contributed by atoms with van der Waals surface area (Å²) in [5.74, 6) is -0.354. The van der Waals surface area contributed by atoms with Crippen molar-refractivity contribution >= 4 is 0 Å². The van der Waals surface area contributed by atoms with Crippen LogP contribution in [0, 0.1) is 11.7 Å². The van der Waals surface area contributed by atoms with E-state index in [2.05, 4.69) is 9.88 Å². The minimum Gasteiger partial charge on any atom is -0.386 e. The quantitative estimate of drug-likeness (QED) is 0.881. The number of aliphatic hydroxyl groups is 1. The summed E-state index contributed by atoms with van der Waals surface area (Å²) in [6.45, 7) is 4.30. The van der Waals surface area contributed by atoms with Gasteiger partial charge in [0.2, 0.25) is 0 Å². The number of rotatable bonds is 5. The highest BCUT2D eigenvalue weighted by atomic mass is 19.1. The second-order valence-corrected chi connectivity index (χ2v) is 5.28. The first-order chi connectivity index (χ1) is 9.08. The third kappa shape index (κ3) is 3.72. The molecule has 1 aliphatic heterocycles. The van der Waals surface area contributed by atoms with Gasteiger partial charge in [0.25, 0.3) is 0 Å². The molecule has 1 aliphatic rings. The van der Waals surface area contributed by atoms with Crippen molar-refractivity contribution in [2.45, 2.75) is 25.5 Å². The molecule has 1 fully saturated rings. The summed E-state index contributed by atoms with van der Waals surface area (Å²) in [5, 5.41) is 10.2. The Morgan fingerprint density at radius 1 is 1.58 bits per heavy atom. The Hall–Kier alpha value is -1.04. The summed E-state index contributed by atoms with van der Waals surface area (Å²) in [5.41, 5.74) is 0.518. The molecule has 19 heavy (non-hydrogen) atoms. The van der Waals surface area contributed by atoms with Crippen molar-refractivity contribution in [3.63, 3.8) is 0 Å². The highest BCUT2D eigenvalue weighted by Crippen LogP contribution is 2.22. The van der Waals surface area contributed by atoms with Gasteiger partial charge in [-0.05, 0) is 25.6 Å². The first-order valence-corrected chi connectivity index (χ1v) is 6.65. The van der Waals surface area contributed by atoms with E-state index in [1.54, 1.807) is 0 Å². The maximum absolute atomic E-state index is 12.8. The minimum absolute atomic E-state index is 0.0311. The molecule has 0 amide bonds. The monoisotopic (exact) mass is 268 g/mol. The Bertz CT molecular complexity index is 393. The van der Waals surface area contributed by atoms with E-state index >= 15 is 0 Å². The molecular weight excluding hydrogens is 247 g/mol. The van der Waals surface area contributed by atoms with E-state index in [1.165, 1.54) is 12.1 Å². The van der Waals surface area contributed by atoms with E-state index in [1.807, 2.05) is 14.0 Å². The summed E-state index contributed by atoms with van der Waals surface area (Å²) < 4.78 is 18.2. The highest BCUT2D eigenvalue weighted by molar-refractivity contribution is 5.08. The van der Waals surface area contributed by atoms with Gasteiger partial charge in [0.1, 0.15) is 5.82 Å². The van der Waals surface area contributed by atoms with Crippen LogP contribution in [0.4, 0.5) is 4.39 Å². The maximum atomic E-state index is 12.8. The summed E-state index contributed by atoms with van der Waals surface area (Å²) in [6, 6.07) is 3.29. The highest BCUT2D eigenvalue weighted by Gasteiger charge is 2.25. The van der Waals surface area contributed by atoms with Crippen molar-refractivity contribution < 1.29 is 14.2 Å². The molecule has 1 aromatic heterocycles. The molecule has 5 heteroatoms. The van der Waals surface area contributed by atoms with Crippen molar-refractivity contribution in [2.24, 2.45) is 5.92 Å². The summed E-state index contributed by atoms with van der Waals surface area (Å²) in [4.78, 5) is 6.15. The molecule has 0 bridgehead atoms. The van der Waals surface area contributed by atoms with Crippen LogP contribution in [0.25, 0.3) is 0 Å². The van der Waals surface area contributed by atoms with Crippen molar-refractivity contribution in [1.82, 2.24) is 9.88 Å². The molecule has 0 saturated carbocycles. The van der Waals surface area contributed by atoms with Gasteiger partial charge in [0.05, 0.1) is 24.6 Å². The first-order valence-electron chi connectivity index (χ1n) is 6.65. The number of hydrogen-bond acceptors (Lipinski definition) is 4. The predicted molar refractivity (Wildman–Crippen MR) is 70.2 cm³/mol. The van der Waals surface area contributed by atoms with E-state index in [4.69, 9.17) is 4.74 Å². The number of nitrogens with zero attached hydrogens (tertiary/aromatic N) is 2. The summed E-state index contributed by atoms with van der Waals surface area (Å²) in [7, 11) is 2.04. The number of halogens is 1. The number of aliphatic hydroxyl groups excluding tert-OH is 1. The first kappa shape index (κ1) is 14.4. The van der Waals surface area contributed by atoms with Crippen LogP contribution in [0.1, 0.15) is 25.1 Å². The second kappa shape index (κ2) is 6.41. The van der Waals surface area contributed by atoms with Gasteiger partial charge >= 0.3 is 0 Å². The second-order valence-electron chi connectivity index (χ2n) is 5.28. The Labute approximate surface area is 113 Å². The Kier molecular flexibility index (Phi) is 4.85. The third-order valence-corrected chi connectivity index (χ3v) is 3.70. The molecule has 1 saturated heterocycles. The van der Waals surface area contributed by atoms with E-state index in [9.17, 15) is 9.50 Å². The molecule has 106 valence electrons. The molecule has 3 atom stereocenters. The summed E-state index contributed by atoms with van der Waals surface area (Å²) in [6.07, 6.45) is 1.50. The van der Waals surface area contributed by atoms with Gasteiger partial charge in [-0.15, -0.1) is 0 Å². The number of likely N-dealkylation sites (N-methyl/N-ethyl adjacent to an activating group) is 1. The number of hydrogen-bond donors (Lipinski definition) is 1. The van der Waals surface area contributed by atoms with Crippen molar-refractivity contribution in [3.05, 3.63) is 29.8 Å². The lowest BCUT2D eigenvalue weighted by Gasteiger charge is -2.28. The van der Waals surface area contributed by atoms with Crippen LogP contribution in [0.15, 0.2) is 18.3 Å². The van der Waals surface area contributed by atoms with E-state index in [0.717, 1.165) is 32.4 Å². The summed E-state index contributed by atoms with van der Waals surface area (Å²) >= 11 is 0. The van der Waals surface area contributed by atoms with E-state index in [-0.39, 0.29) is 11.7 Å². The minimum atomic E-state index is -0.676. The standard InChI is InChI=1S/C14H21FN2O2/c1-10(8-17(2)12-5-6-19-9-12)14(18)13-4-3-11(15)7-16-13/h3-4,7,10,12,14,18H,5-6,8-9H2,1-2H3. The van der Waals surface area contributed by atoms with Crippen molar-refractivity contribution in [3.8, 4) is 0 Å². The number of pyridine rings is 1. The van der Waals surface area contributed by atoms with Crippen LogP contribution in [0.3, 0.4) is 0 Å². The fourth-order valence-corrected chi connectivity index (χ4v) is 2.43. The zero-order chi connectivity index (χ0) is 13.8. The molecule has 1 aromatic rings. The van der Waals surface area contributed by atoms with Gasteiger partial charge in [-0.25, -0.2) is 4.39 Å². The SMILES string of the molecule is CC(CN(C)C1CCOC1)C(O)c1ccc(F)cn1. The van der Waals surface area contributed by atoms with Gasteiger partial charge in [0.15, 0.2) is 0 Å². The fourth-order valence-electron chi connectivity index (χ4n) is 2.43. The van der Waals surface area contributed by atoms with E-state index < -0.39 is 6.10 Å². The Morgan fingerprint density at radius 2 is 2.37 bits per heavy atom. The van der Waals surface area contributed by atoms with Crippen molar-refractivity contribution in [1.29, 1.82) is 0 Å². The number of aromatic nitrogens is 1. The van der Waals surface area contributed by atoms with Crippen LogP contribution >= 0.6 is 0 Å². The zero-order valence-electron chi connectivity index (χ0n) is 11.4. The average molecular weight is 268 g/mol. The predicted octanol–water partition coefficient (Wildman–Crippen LogP) is 1.61. The molecule has 1 N–H and O–H groups in total. The topological polar surface area (TPSA) is 45.6 Å². The lowest BCUT2D eigenvalue weighted by atomic mass is 10.00. The van der Waals surface area contributed by atoms with Gasteiger partial charge in [0, 0.05) is 25.1 Å².